The fourth-order valence-electron chi connectivity index (χ4n) is 3.07. The number of amides is 1. The van der Waals surface area contributed by atoms with Gasteiger partial charge in [0.1, 0.15) is 11.9 Å². The lowest BCUT2D eigenvalue weighted by Gasteiger charge is -2.44. The molecule has 1 amide bonds. The summed E-state index contributed by atoms with van der Waals surface area (Å²) < 4.78 is 6.09. The molecule has 0 aliphatic carbocycles. The molecule has 24 heavy (non-hydrogen) atoms. The Bertz CT molecular complexity index is 615. The zero-order valence-electron chi connectivity index (χ0n) is 14.3. The minimum absolute atomic E-state index is 0.0232. The number of thiocarbonyl (C=S) groups is 1. The molecule has 0 saturated carbocycles. The number of likely N-dealkylation sites (tertiary alicyclic amines) is 1. The van der Waals surface area contributed by atoms with Gasteiger partial charge in [-0.25, -0.2) is 4.79 Å². The van der Waals surface area contributed by atoms with E-state index in [0.717, 1.165) is 11.4 Å². The molecule has 6 nitrogen and oxygen atoms in total. The first kappa shape index (κ1) is 18.3. The molecule has 1 saturated heterocycles. The summed E-state index contributed by atoms with van der Waals surface area (Å²) in [6.45, 7) is 6.65. The maximum atomic E-state index is 11.5. The fourth-order valence-corrected chi connectivity index (χ4v) is 3.19. The zero-order valence-corrected chi connectivity index (χ0v) is 15.1. The van der Waals surface area contributed by atoms with Crippen LogP contribution in [0.2, 0.25) is 0 Å². The summed E-state index contributed by atoms with van der Waals surface area (Å²) in [5.74, 6) is 0.720. The predicted octanol–water partition coefficient (Wildman–Crippen LogP) is 3.28. The lowest BCUT2D eigenvalue weighted by Crippen LogP contribution is -2.53. The van der Waals surface area contributed by atoms with Gasteiger partial charge in [0.2, 0.25) is 0 Å². The molecule has 2 atom stereocenters. The van der Waals surface area contributed by atoms with Gasteiger partial charge >= 0.3 is 6.09 Å². The van der Waals surface area contributed by atoms with Gasteiger partial charge in [-0.3, -0.25) is 0 Å². The van der Waals surface area contributed by atoms with Crippen molar-refractivity contribution in [3.8, 4) is 5.75 Å². The van der Waals surface area contributed by atoms with E-state index in [4.69, 9.17) is 22.7 Å². The minimum Gasteiger partial charge on any atom is -0.490 e. The number of benzene rings is 1. The van der Waals surface area contributed by atoms with E-state index < -0.39 is 6.09 Å². The fraction of sp³-hybridized carbons (Fsp3) is 0.529. The summed E-state index contributed by atoms with van der Waals surface area (Å²) in [4.78, 5) is 13.0. The van der Waals surface area contributed by atoms with E-state index in [9.17, 15) is 9.90 Å². The molecule has 132 valence electrons. The number of hydrogen-bond donors (Lipinski definition) is 3. The Morgan fingerprint density at radius 1 is 1.46 bits per heavy atom. The van der Waals surface area contributed by atoms with Crippen LogP contribution in [-0.4, -0.2) is 39.9 Å². The second-order valence-electron chi connectivity index (χ2n) is 7.14. The summed E-state index contributed by atoms with van der Waals surface area (Å²) in [5.41, 5.74) is 6.12. The van der Waals surface area contributed by atoms with Crippen molar-refractivity contribution in [2.24, 2.45) is 11.1 Å². The van der Waals surface area contributed by atoms with E-state index in [1.165, 1.54) is 4.90 Å². The molecule has 2 unspecified atom stereocenters. The average Bonchev–Trinajstić information content (AvgIpc) is 2.45. The minimum atomic E-state index is -0.865. The van der Waals surface area contributed by atoms with Crippen LogP contribution in [-0.2, 0) is 0 Å². The number of anilines is 1. The SMILES string of the molecule is CC(C)(C)C1CC(Oc2cccc(NC(N)=S)c2)CCN1C(=O)O. The van der Waals surface area contributed by atoms with Crippen LogP contribution >= 0.6 is 12.2 Å². The van der Waals surface area contributed by atoms with Crippen molar-refractivity contribution in [3.05, 3.63) is 24.3 Å². The molecule has 1 aliphatic heterocycles. The lowest BCUT2D eigenvalue weighted by atomic mass is 9.80. The number of hydrogen-bond acceptors (Lipinski definition) is 3. The van der Waals surface area contributed by atoms with Gasteiger partial charge in [-0.1, -0.05) is 26.8 Å². The summed E-state index contributed by atoms with van der Waals surface area (Å²) in [7, 11) is 0. The topological polar surface area (TPSA) is 87.8 Å². The van der Waals surface area contributed by atoms with Crippen LogP contribution in [0.4, 0.5) is 10.5 Å². The monoisotopic (exact) mass is 351 g/mol. The third kappa shape index (κ3) is 4.74. The molecule has 0 aromatic heterocycles. The quantitative estimate of drug-likeness (QED) is 0.725. The van der Waals surface area contributed by atoms with Gasteiger partial charge < -0.3 is 25.8 Å². The Balaban J connectivity index is 2.08. The Kier molecular flexibility index (Phi) is 5.54. The van der Waals surface area contributed by atoms with Crippen LogP contribution in [0.25, 0.3) is 0 Å². The summed E-state index contributed by atoms with van der Waals surface area (Å²) in [5, 5.41) is 12.5. The Morgan fingerprint density at radius 3 is 2.75 bits per heavy atom. The number of rotatable bonds is 3. The van der Waals surface area contributed by atoms with Crippen LogP contribution in [0.15, 0.2) is 24.3 Å². The Labute approximate surface area is 148 Å². The molecule has 4 N–H and O–H groups in total. The van der Waals surface area contributed by atoms with Crippen LogP contribution in [0.3, 0.4) is 0 Å². The van der Waals surface area contributed by atoms with Crippen molar-refractivity contribution in [2.75, 3.05) is 11.9 Å². The maximum Gasteiger partial charge on any atom is 0.407 e. The molecule has 1 heterocycles. The van der Waals surface area contributed by atoms with E-state index in [0.29, 0.717) is 19.4 Å². The van der Waals surface area contributed by atoms with Gasteiger partial charge in [-0.2, -0.15) is 0 Å². The highest BCUT2D eigenvalue weighted by Crippen LogP contribution is 2.34. The number of nitrogens with one attached hydrogen (secondary N) is 1. The van der Waals surface area contributed by atoms with Crippen molar-refractivity contribution < 1.29 is 14.6 Å². The molecule has 0 bridgehead atoms. The second-order valence-corrected chi connectivity index (χ2v) is 7.58. The van der Waals surface area contributed by atoms with Gasteiger partial charge in [0.15, 0.2) is 5.11 Å². The van der Waals surface area contributed by atoms with E-state index >= 15 is 0 Å². The number of ether oxygens (including phenoxy) is 1. The van der Waals surface area contributed by atoms with Gasteiger partial charge in [-0.15, -0.1) is 0 Å². The van der Waals surface area contributed by atoms with Gasteiger partial charge in [0.25, 0.3) is 0 Å². The summed E-state index contributed by atoms with van der Waals surface area (Å²) in [6, 6.07) is 7.36. The highest BCUT2D eigenvalue weighted by Gasteiger charge is 2.39. The molecule has 1 aliphatic rings. The third-order valence-corrected chi connectivity index (χ3v) is 4.31. The van der Waals surface area contributed by atoms with Gasteiger partial charge in [0.05, 0.1) is 0 Å². The number of carboxylic acid groups (broad SMARTS) is 1. The number of piperidine rings is 1. The van der Waals surface area contributed by atoms with Gasteiger partial charge in [0, 0.05) is 37.2 Å². The number of nitrogens with zero attached hydrogens (tertiary/aromatic N) is 1. The van der Waals surface area contributed by atoms with Gasteiger partial charge in [-0.05, 0) is 29.8 Å². The van der Waals surface area contributed by atoms with Crippen molar-refractivity contribution in [1.82, 2.24) is 4.90 Å². The van der Waals surface area contributed by atoms with Crippen LogP contribution in [0, 0.1) is 5.41 Å². The van der Waals surface area contributed by atoms with E-state index in [1.54, 1.807) is 0 Å². The third-order valence-electron chi connectivity index (χ3n) is 4.20. The molecule has 0 radical (unpaired) electrons. The molecular formula is C17H25N3O3S. The van der Waals surface area contributed by atoms with Crippen LogP contribution in [0.1, 0.15) is 33.6 Å². The first-order valence-electron chi connectivity index (χ1n) is 7.99. The largest absolute Gasteiger partial charge is 0.490 e. The maximum absolute atomic E-state index is 11.5. The smallest absolute Gasteiger partial charge is 0.407 e. The van der Waals surface area contributed by atoms with E-state index in [1.807, 2.05) is 24.3 Å². The molecule has 0 spiro atoms. The molecule has 7 heteroatoms. The number of nitrogens with two attached hydrogens (primary N) is 1. The molecule has 1 fully saturated rings. The highest BCUT2D eigenvalue weighted by molar-refractivity contribution is 7.80. The highest BCUT2D eigenvalue weighted by atomic mass is 32.1. The predicted molar refractivity (Wildman–Crippen MR) is 98.5 cm³/mol. The molecule has 1 aromatic rings. The second kappa shape index (κ2) is 7.25. The molecule has 1 aromatic carbocycles. The first-order chi connectivity index (χ1) is 11.2. The summed E-state index contributed by atoms with van der Waals surface area (Å²) in [6.07, 6.45) is 0.454. The first-order valence-corrected chi connectivity index (χ1v) is 8.40. The molecule has 2 rings (SSSR count). The summed E-state index contributed by atoms with van der Waals surface area (Å²) >= 11 is 4.84. The normalized spacial score (nSPS) is 21.2. The zero-order chi connectivity index (χ0) is 17.9. The van der Waals surface area contributed by atoms with Crippen LogP contribution < -0.4 is 15.8 Å². The molecular weight excluding hydrogens is 326 g/mol. The van der Waals surface area contributed by atoms with Crippen molar-refractivity contribution in [1.29, 1.82) is 0 Å². The van der Waals surface area contributed by atoms with Crippen LogP contribution in [0.5, 0.6) is 5.75 Å². The van der Waals surface area contributed by atoms with Crippen molar-refractivity contribution in [2.45, 2.75) is 45.8 Å². The van der Waals surface area contributed by atoms with Crippen molar-refractivity contribution >= 4 is 29.1 Å². The van der Waals surface area contributed by atoms with E-state index in [-0.39, 0.29) is 22.7 Å². The number of carbonyl (C=O) groups is 1. The van der Waals surface area contributed by atoms with Crippen molar-refractivity contribution in [3.63, 3.8) is 0 Å². The van der Waals surface area contributed by atoms with E-state index in [2.05, 4.69) is 26.1 Å². The lowest BCUT2D eigenvalue weighted by molar-refractivity contribution is 0.0130. The Hall–Kier alpha value is -2.02. The average molecular weight is 351 g/mol. The standard InChI is InChI=1S/C17H25N3O3S/c1-17(2,3)14-10-13(7-8-20(14)16(21)22)23-12-6-4-5-11(9-12)19-15(18)24/h4-6,9,13-14H,7-8,10H2,1-3H3,(H,21,22)(H3,18,19,24). The Morgan fingerprint density at radius 2 is 2.17 bits per heavy atom.